The van der Waals surface area contributed by atoms with Crippen molar-refractivity contribution in [3.05, 3.63) is 34.9 Å². The highest BCUT2D eigenvalue weighted by Crippen LogP contribution is 2.29. The van der Waals surface area contributed by atoms with Crippen molar-refractivity contribution in [2.24, 2.45) is 10.4 Å². The van der Waals surface area contributed by atoms with E-state index in [0.717, 1.165) is 56.9 Å². The minimum atomic E-state index is 0.255. The fourth-order valence-electron chi connectivity index (χ4n) is 3.87. The number of rotatable bonds is 4. The van der Waals surface area contributed by atoms with Crippen LogP contribution in [-0.2, 0) is 4.74 Å². The summed E-state index contributed by atoms with van der Waals surface area (Å²) in [5.74, 6) is 0.996. The Labute approximate surface area is 162 Å². The van der Waals surface area contributed by atoms with Gasteiger partial charge in [-0.05, 0) is 29.5 Å². The maximum atomic E-state index is 6.26. The van der Waals surface area contributed by atoms with Crippen LogP contribution in [0.2, 0.25) is 5.02 Å². The average molecular weight is 379 g/mol. The lowest BCUT2D eigenvalue weighted by molar-refractivity contribution is 0.0169. The van der Waals surface area contributed by atoms with E-state index >= 15 is 0 Å². The number of guanidine groups is 1. The topological polar surface area (TPSA) is 40.1 Å². The van der Waals surface area contributed by atoms with Gasteiger partial charge in [0.15, 0.2) is 5.96 Å². The van der Waals surface area contributed by atoms with Gasteiger partial charge in [-0.2, -0.15) is 0 Å². The molecule has 0 aliphatic carbocycles. The van der Waals surface area contributed by atoms with E-state index in [-0.39, 0.29) is 6.04 Å². The van der Waals surface area contributed by atoms with Crippen molar-refractivity contribution in [1.82, 2.24) is 15.1 Å². The Kier molecular flexibility index (Phi) is 6.43. The van der Waals surface area contributed by atoms with Gasteiger partial charge >= 0.3 is 0 Å². The summed E-state index contributed by atoms with van der Waals surface area (Å²) in [6.45, 7) is 11.0. The Morgan fingerprint density at radius 3 is 2.69 bits per heavy atom. The molecule has 0 saturated carbocycles. The maximum Gasteiger partial charge on any atom is 0.193 e. The lowest BCUT2D eigenvalue weighted by Crippen LogP contribution is -2.47. The second kappa shape index (κ2) is 8.59. The molecule has 0 amide bonds. The summed E-state index contributed by atoms with van der Waals surface area (Å²) < 4.78 is 5.54. The van der Waals surface area contributed by atoms with E-state index in [2.05, 4.69) is 46.1 Å². The van der Waals surface area contributed by atoms with E-state index in [0.29, 0.717) is 5.41 Å². The summed E-state index contributed by atoms with van der Waals surface area (Å²) >= 11 is 6.26. The van der Waals surface area contributed by atoms with Gasteiger partial charge in [-0.3, -0.25) is 9.89 Å². The lowest BCUT2D eigenvalue weighted by atomic mass is 9.93. The van der Waals surface area contributed by atoms with Crippen molar-refractivity contribution in [3.8, 4) is 0 Å². The molecule has 2 aliphatic heterocycles. The molecule has 6 heteroatoms. The van der Waals surface area contributed by atoms with Crippen molar-refractivity contribution >= 4 is 17.6 Å². The summed E-state index contributed by atoms with van der Waals surface area (Å²) in [6.07, 6.45) is 1.20. The van der Waals surface area contributed by atoms with Gasteiger partial charge in [-0.15, -0.1) is 0 Å². The number of hydrogen-bond acceptors (Lipinski definition) is 3. The van der Waals surface area contributed by atoms with Gasteiger partial charge in [-0.1, -0.05) is 37.6 Å². The van der Waals surface area contributed by atoms with Crippen molar-refractivity contribution < 1.29 is 4.74 Å². The molecular weight excluding hydrogens is 348 g/mol. The number of hydrogen-bond donors (Lipinski definition) is 1. The third-order valence-corrected chi connectivity index (χ3v) is 5.60. The van der Waals surface area contributed by atoms with E-state index < -0.39 is 0 Å². The predicted molar refractivity (Wildman–Crippen MR) is 108 cm³/mol. The Hall–Kier alpha value is -1.30. The van der Waals surface area contributed by atoms with Gasteiger partial charge in [0.05, 0.1) is 19.3 Å². The summed E-state index contributed by atoms with van der Waals surface area (Å²) in [7, 11) is 1.87. The average Bonchev–Trinajstić information content (AvgIpc) is 2.99. The second-order valence-electron chi connectivity index (χ2n) is 7.98. The molecular formula is C20H31ClN4O. The molecule has 2 heterocycles. The summed E-state index contributed by atoms with van der Waals surface area (Å²) in [5, 5.41) is 4.40. The number of nitrogens with zero attached hydrogens (tertiary/aromatic N) is 3. The Morgan fingerprint density at radius 2 is 2.08 bits per heavy atom. The van der Waals surface area contributed by atoms with Gasteiger partial charge in [0, 0.05) is 44.8 Å². The van der Waals surface area contributed by atoms with Crippen molar-refractivity contribution in [2.75, 3.05) is 53.0 Å². The molecule has 0 bridgehead atoms. The minimum Gasteiger partial charge on any atom is -0.379 e. The van der Waals surface area contributed by atoms with Crippen LogP contribution in [0.15, 0.2) is 29.3 Å². The fraction of sp³-hybridized carbons (Fsp3) is 0.650. The first-order valence-corrected chi connectivity index (χ1v) is 9.89. The second-order valence-corrected chi connectivity index (χ2v) is 8.42. The molecule has 2 fully saturated rings. The fourth-order valence-corrected chi connectivity index (χ4v) is 4.07. The van der Waals surface area contributed by atoms with Gasteiger partial charge in [0.2, 0.25) is 0 Å². The maximum absolute atomic E-state index is 6.26. The molecule has 0 aromatic heterocycles. The number of benzene rings is 1. The SMILES string of the molecule is CN=C(NCC(c1cccc(Cl)c1)N1CCOCC1)N1CCC(C)(C)C1. The van der Waals surface area contributed by atoms with Crippen molar-refractivity contribution in [2.45, 2.75) is 26.3 Å². The van der Waals surface area contributed by atoms with E-state index in [1.54, 1.807) is 0 Å². The van der Waals surface area contributed by atoms with Crippen molar-refractivity contribution in [1.29, 1.82) is 0 Å². The number of nitrogens with one attached hydrogen (secondary N) is 1. The van der Waals surface area contributed by atoms with Crippen LogP contribution in [0.4, 0.5) is 0 Å². The number of morpholine rings is 1. The normalized spacial score (nSPS) is 22.5. The standard InChI is InChI=1S/C20H31ClN4O/c1-20(2)7-8-25(15-20)19(22-3)23-14-18(24-9-11-26-12-10-24)16-5-4-6-17(21)13-16/h4-6,13,18H,7-12,14-15H2,1-3H3,(H,22,23). The van der Waals surface area contributed by atoms with Crippen LogP contribution in [0.3, 0.4) is 0 Å². The van der Waals surface area contributed by atoms with Gasteiger partial charge in [0.1, 0.15) is 0 Å². The number of likely N-dealkylation sites (tertiary alicyclic amines) is 1. The predicted octanol–water partition coefficient (Wildman–Crippen LogP) is 3.02. The Bertz CT molecular complexity index is 628. The monoisotopic (exact) mass is 378 g/mol. The van der Waals surface area contributed by atoms with Crippen LogP contribution < -0.4 is 5.32 Å². The molecule has 3 rings (SSSR count). The largest absolute Gasteiger partial charge is 0.379 e. The Morgan fingerprint density at radius 1 is 1.31 bits per heavy atom. The number of halogens is 1. The first-order chi connectivity index (χ1) is 12.5. The van der Waals surface area contributed by atoms with E-state index in [4.69, 9.17) is 16.3 Å². The molecule has 1 unspecified atom stereocenters. The molecule has 2 saturated heterocycles. The molecule has 0 radical (unpaired) electrons. The first kappa shape index (κ1) is 19.5. The summed E-state index contributed by atoms with van der Waals surface area (Å²) in [4.78, 5) is 9.37. The molecule has 1 aromatic carbocycles. The third-order valence-electron chi connectivity index (χ3n) is 5.36. The van der Waals surface area contributed by atoms with Crippen LogP contribution in [0, 0.1) is 5.41 Å². The quantitative estimate of drug-likeness (QED) is 0.645. The summed E-state index contributed by atoms with van der Waals surface area (Å²) in [6, 6.07) is 8.45. The van der Waals surface area contributed by atoms with Crippen molar-refractivity contribution in [3.63, 3.8) is 0 Å². The molecule has 2 aliphatic rings. The van der Waals surface area contributed by atoms with Gasteiger partial charge in [-0.25, -0.2) is 0 Å². The molecule has 5 nitrogen and oxygen atoms in total. The minimum absolute atomic E-state index is 0.255. The molecule has 26 heavy (non-hydrogen) atoms. The lowest BCUT2D eigenvalue weighted by Gasteiger charge is -2.36. The highest BCUT2D eigenvalue weighted by molar-refractivity contribution is 6.30. The van der Waals surface area contributed by atoms with E-state index in [1.165, 1.54) is 12.0 Å². The smallest absolute Gasteiger partial charge is 0.193 e. The zero-order valence-electron chi connectivity index (χ0n) is 16.2. The van der Waals surface area contributed by atoms with Crippen LogP contribution in [0.1, 0.15) is 31.9 Å². The highest BCUT2D eigenvalue weighted by atomic mass is 35.5. The van der Waals surface area contributed by atoms with Crippen LogP contribution in [-0.4, -0.2) is 68.7 Å². The van der Waals surface area contributed by atoms with Crippen LogP contribution >= 0.6 is 11.6 Å². The molecule has 1 aromatic rings. The van der Waals surface area contributed by atoms with Crippen LogP contribution in [0.5, 0.6) is 0 Å². The highest BCUT2D eigenvalue weighted by Gasteiger charge is 2.31. The molecule has 144 valence electrons. The first-order valence-electron chi connectivity index (χ1n) is 9.51. The number of ether oxygens (including phenoxy) is 1. The zero-order chi connectivity index (χ0) is 18.6. The molecule has 1 N–H and O–H groups in total. The summed E-state index contributed by atoms with van der Waals surface area (Å²) in [5.41, 5.74) is 1.60. The van der Waals surface area contributed by atoms with E-state index in [1.807, 2.05) is 19.2 Å². The Balaban J connectivity index is 1.71. The third kappa shape index (κ3) is 4.90. The molecule has 1 atom stereocenters. The van der Waals surface area contributed by atoms with E-state index in [9.17, 15) is 0 Å². The van der Waals surface area contributed by atoms with Gasteiger partial charge < -0.3 is 15.0 Å². The zero-order valence-corrected chi connectivity index (χ0v) is 16.9. The van der Waals surface area contributed by atoms with Gasteiger partial charge in [0.25, 0.3) is 0 Å². The molecule has 0 spiro atoms. The van der Waals surface area contributed by atoms with Crippen LogP contribution in [0.25, 0.3) is 0 Å². The number of aliphatic imine (C=N–C) groups is 1.